The third kappa shape index (κ3) is 5.67. The molecule has 12 heteroatoms. The van der Waals surface area contributed by atoms with Gasteiger partial charge in [-0.3, -0.25) is 4.79 Å². The molecule has 0 aliphatic rings. The first-order valence-electron chi connectivity index (χ1n) is 8.53. The standard InChI is InChI=1S/C17H16BrFN6O4/c1-2-27-16(26)10-25-17(22-23-24-25)13-5-6-15(21-20-13)29-8-7-28-14-9-11(19)3-4-12(14)18/h3-6,9H,2,7-8,10H2,1H3. The third-order valence-corrected chi connectivity index (χ3v) is 4.12. The molecule has 3 rings (SSSR count). The second-order valence-electron chi connectivity index (χ2n) is 5.49. The maximum Gasteiger partial charge on any atom is 0.327 e. The number of carbonyl (C=O) groups is 1. The van der Waals surface area contributed by atoms with Gasteiger partial charge in [-0.1, -0.05) is 0 Å². The summed E-state index contributed by atoms with van der Waals surface area (Å²) in [6, 6.07) is 7.36. The molecule has 0 aliphatic carbocycles. The fraction of sp³-hybridized carbons (Fsp3) is 0.294. The van der Waals surface area contributed by atoms with Crippen molar-refractivity contribution in [3.05, 3.63) is 40.6 Å². The Kier molecular flexibility index (Phi) is 7.00. The second kappa shape index (κ2) is 9.87. The van der Waals surface area contributed by atoms with E-state index < -0.39 is 11.8 Å². The summed E-state index contributed by atoms with van der Waals surface area (Å²) in [5.74, 6) is 0.0645. The molecule has 29 heavy (non-hydrogen) atoms. The Labute approximate surface area is 173 Å². The zero-order valence-corrected chi connectivity index (χ0v) is 16.9. The van der Waals surface area contributed by atoms with Gasteiger partial charge in [0.1, 0.15) is 37.0 Å². The quantitative estimate of drug-likeness (QED) is 0.345. The molecule has 2 heterocycles. The Morgan fingerprint density at radius 3 is 2.72 bits per heavy atom. The van der Waals surface area contributed by atoms with Gasteiger partial charge in [0, 0.05) is 12.1 Å². The van der Waals surface area contributed by atoms with E-state index in [1.165, 1.54) is 16.8 Å². The van der Waals surface area contributed by atoms with Crippen molar-refractivity contribution >= 4 is 21.9 Å². The van der Waals surface area contributed by atoms with Crippen LogP contribution in [0, 0.1) is 5.82 Å². The number of halogens is 2. The maximum atomic E-state index is 13.2. The summed E-state index contributed by atoms with van der Waals surface area (Å²) in [6.07, 6.45) is 0. The third-order valence-electron chi connectivity index (χ3n) is 3.47. The van der Waals surface area contributed by atoms with Crippen molar-refractivity contribution in [2.75, 3.05) is 19.8 Å². The number of ether oxygens (including phenoxy) is 3. The van der Waals surface area contributed by atoms with Crippen LogP contribution < -0.4 is 9.47 Å². The smallest absolute Gasteiger partial charge is 0.327 e. The number of aromatic nitrogens is 6. The molecule has 0 saturated heterocycles. The molecule has 0 N–H and O–H groups in total. The molecule has 0 aliphatic heterocycles. The van der Waals surface area contributed by atoms with Crippen LogP contribution >= 0.6 is 15.9 Å². The second-order valence-corrected chi connectivity index (χ2v) is 6.35. The van der Waals surface area contributed by atoms with Crippen LogP contribution in [0.2, 0.25) is 0 Å². The van der Waals surface area contributed by atoms with E-state index in [1.54, 1.807) is 25.1 Å². The van der Waals surface area contributed by atoms with E-state index in [0.717, 1.165) is 0 Å². The van der Waals surface area contributed by atoms with E-state index in [2.05, 4.69) is 41.7 Å². The number of hydrogen-bond acceptors (Lipinski definition) is 9. The van der Waals surface area contributed by atoms with Crippen molar-refractivity contribution in [2.45, 2.75) is 13.5 Å². The van der Waals surface area contributed by atoms with Gasteiger partial charge in [0.05, 0.1) is 11.1 Å². The van der Waals surface area contributed by atoms with Crippen LogP contribution in [0.4, 0.5) is 4.39 Å². The summed E-state index contributed by atoms with van der Waals surface area (Å²) < 4.78 is 30.9. The Balaban J connectivity index is 1.54. The van der Waals surface area contributed by atoms with Gasteiger partial charge in [0.15, 0.2) is 0 Å². The highest BCUT2D eigenvalue weighted by Gasteiger charge is 2.15. The molecule has 3 aromatic rings. The molecule has 0 radical (unpaired) electrons. The number of tetrazole rings is 1. The zero-order valence-electron chi connectivity index (χ0n) is 15.3. The number of rotatable bonds is 9. The van der Waals surface area contributed by atoms with E-state index in [4.69, 9.17) is 14.2 Å². The Bertz CT molecular complexity index is 969. The predicted molar refractivity (Wildman–Crippen MR) is 101 cm³/mol. The number of esters is 1. The van der Waals surface area contributed by atoms with E-state index in [1.807, 2.05) is 0 Å². The van der Waals surface area contributed by atoms with E-state index in [9.17, 15) is 9.18 Å². The largest absolute Gasteiger partial charge is 0.489 e. The summed E-state index contributed by atoms with van der Waals surface area (Å²) in [6.45, 7) is 2.20. The van der Waals surface area contributed by atoms with Crippen molar-refractivity contribution in [1.29, 1.82) is 0 Å². The van der Waals surface area contributed by atoms with Gasteiger partial charge < -0.3 is 14.2 Å². The number of nitrogens with zero attached hydrogens (tertiary/aromatic N) is 6. The van der Waals surface area contributed by atoms with E-state index in [-0.39, 0.29) is 38.1 Å². The van der Waals surface area contributed by atoms with Crippen LogP contribution in [-0.4, -0.2) is 56.2 Å². The first kappa shape index (κ1) is 20.6. The number of hydrogen-bond donors (Lipinski definition) is 0. The lowest BCUT2D eigenvalue weighted by atomic mass is 10.3. The van der Waals surface area contributed by atoms with Crippen molar-refractivity contribution < 1.29 is 23.4 Å². The van der Waals surface area contributed by atoms with Crippen molar-refractivity contribution in [3.8, 4) is 23.1 Å². The average molecular weight is 467 g/mol. The van der Waals surface area contributed by atoms with Crippen LogP contribution in [0.3, 0.4) is 0 Å². The molecule has 0 saturated carbocycles. The molecule has 0 atom stereocenters. The van der Waals surface area contributed by atoms with Crippen LogP contribution in [-0.2, 0) is 16.1 Å². The van der Waals surface area contributed by atoms with Crippen LogP contribution in [0.25, 0.3) is 11.5 Å². The number of benzene rings is 1. The van der Waals surface area contributed by atoms with Crippen LogP contribution in [0.15, 0.2) is 34.8 Å². The molecule has 10 nitrogen and oxygen atoms in total. The summed E-state index contributed by atoms with van der Waals surface area (Å²) in [5, 5.41) is 19.1. The number of carbonyl (C=O) groups excluding carboxylic acids is 1. The Hall–Kier alpha value is -3.15. The summed E-state index contributed by atoms with van der Waals surface area (Å²) in [5.41, 5.74) is 0.367. The molecular formula is C17H16BrFN6O4. The zero-order chi connectivity index (χ0) is 20.6. The minimum atomic E-state index is -0.459. The minimum Gasteiger partial charge on any atom is -0.489 e. The van der Waals surface area contributed by atoms with Gasteiger partial charge in [0.25, 0.3) is 0 Å². The summed E-state index contributed by atoms with van der Waals surface area (Å²) >= 11 is 3.28. The molecule has 152 valence electrons. The monoisotopic (exact) mass is 466 g/mol. The van der Waals surface area contributed by atoms with E-state index >= 15 is 0 Å². The van der Waals surface area contributed by atoms with Gasteiger partial charge in [-0.25, -0.2) is 9.07 Å². The first-order valence-corrected chi connectivity index (χ1v) is 9.32. The SMILES string of the molecule is CCOC(=O)Cn1nnnc1-c1ccc(OCCOc2cc(F)ccc2Br)nn1. The van der Waals surface area contributed by atoms with Gasteiger partial charge in [-0.2, -0.15) is 0 Å². The fourth-order valence-electron chi connectivity index (χ4n) is 2.23. The molecule has 2 aromatic heterocycles. The Morgan fingerprint density at radius 2 is 1.97 bits per heavy atom. The summed E-state index contributed by atoms with van der Waals surface area (Å²) in [7, 11) is 0. The molecule has 1 aromatic carbocycles. The fourth-order valence-corrected chi connectivity index (χ4v) is 2.59. The van der Waals surface area contributed by atoms with Gasteiger partial charge >= 0.3 is 5.97 Å². The normalized spacial score (nSPS) is 10.6. The molecule has 0 unspecified atom stereocenters. The molecule has 0 fully saturated rings. The minimum absolute atomic E-state index is 0.136. The van der Waals surface area contributed by atoms with Crippen LogP contribution in [0.5, 0.6) is 11.6 Å². The molecule has 0 bridgehead atoms. The first-order chi connectivity index (χ1) is 14.1. The predicted octanol–water partition coefficient (Wildman–Crippen LogP) is 2.05. The Morgan fingerprint density at radius 1 is 1.14 bits per heavy atom. The van der Waals surface area contributed by atoms with E-state index in [0.29, 0.717) is 15.9 Å². The molecule has 0 spiro atoms. The van der Waals surface area contributed by atoms with Crippen molar-refractivity contribution in [3.63, 3.8) is 0 Å². The molecule has 0 amide bonds. The lowest BCUT2D eigenvalue weighted by molar-refractivity contribution is -0.144. The topological polar surface area (TPSA) is 114 Å². The lowest BCUT2D eigenvalue weighted by Gasteiger charge is -2.09. The van der Waals surface area contributed by atoms with Gasteiger partial charge in [-0.15, -0.1) is 15.3 Å². The van der Waals surface area contributed by atoms with Gasteiger partial charge in [-0.05, 0) is 51.5 Å². The maximum absolute atomic E-state index is 13.2. The van der Waals surface area contributed by atoms with Crippen LogP contribution in [0.1, 0.15) is 6.92 Å². The van der Waals surface area contributed by atoms with Crippen molar-refractivity contribution in [1.82, 2.24) is 30.4 Å². The highest BCUT2D eigenvalue weighted by Crippen LogP contribution is 2.25. The molecular weight excluding hydrogens is 451 g/mol. The lowest BCUT2D eigenvalue weighted by Crippen LogP contribution is -2.16. The highest BCUT2D eigenvalue weighted by molar-refractivity contribution is 9.10. The average Bonchev–Trinajstić information content (AvgIpc) is 3.16. The highest BCUT2D eigenvalue weighted by atomic mass is 79.9. The summed E-state index contributed by atoms with van der Waals surface area (Å²) in [4.78, 5) is 11.6. The van der Waals surface area contributed by atoms with Crippen molar-refractivity contribution in [2.24, 2.45) is 0 Å². The van der Waals surface area contributed by atoms with Gasteiger partial charge in [0.2, 0.25) is 11.7 Å².